The van der Waals surface area contributed by atoms with Gasteiger partial charge in [0.05, 0.1) is 0 Å². The number of halogens is 1. The summed E-state index contributed by atoms with van der Waals surface area (Å²) in [6.45, 7) is 1.57. The van der Waals surface area contributed by atoms with Crippen LogP contribution in [0.15, 0.2) is 18.2 Å². The highest BCUT2D eigenvalue weighted by Gasteiger charge is 2.58. The average Bonchev–Trinajstić information content (AvgIpc) is 2.68. The predicted molar refractivity (Wildman–Crippen MR) is 106 cm³/mol. The van der Waals surface area contributed by atoms with Gasteiger partial charge in [-0.25, -0.2) is 4.79 Å². The monoisotopic (exact) mass is 408 g/mol. The summed E-state index contributed by atoms with van der Waals surface area (Å²) in [5.74, 6) is -0.457. The van der Waals surface area contributed by atoms with E-state index in [1.165, 1.54) is 12.8 Å². The molecule has 154 valence electrons. The second-order valence-electron chi connectivity index (χ2n) is 8.54. The van der Waals surface area contributed by atoms with Crippen molar-refractivity contribution < 1.29 is 24.1 Å². The summed E-state index contributed by atoms with van der Waals surface area (Å²) >= 11 is 6.40. The number of ether oxygens (including phenoxy) is 3. The maximum Gasteiger partial charge on any atom is 0.510 e. The predicted octanol–water partition coefficient (Wildman–Crippen LogP) is 6.47. The van der Waals surface area contributed by atoms with Gasteiger partial charge in [-0.3, -0.25) is 4.74 Å². The summed E-state index contributed by atoms with van der Waals surface area (Å²) in [7, 11) is 0. The zero-order valence-electron chi connectivity index (χ0n) is 16.4. The van der Waals surface area contributed by atoms with E-state index in [-0.39, 0.29) is 0 Å². The van der Waals surface area contributed by atoms with Gasteiger partial charge in [-0.2, -0.15) is 0 Å². The quantitative estimate of drug-likeness (QED) is 0.580. The number of fused-ring (bicyclic) bond motifs is 1. The van der Waals surface area contributed by atoms with Crippen LogP contribution in [-0.4, -0.2) is 17.2 Å². The number of hydrogen-bond donors (Lipinski definition) is 1. The van der Waals surface area contributed by atoms with Crippen molar-refractivity contribution in [1.29, 1.82) is 0 Å². The molecule has 0 spiro atoms. The molecule has 1 aliphatic heterocycles. The molecule has 1 atom stereocenters. The molecule has 1 N–H and O–H groups in total. The molecule has 1 aromatic rings. The number of carbonyl (C=O) groups is 1. The summed E-state index contributed by atoms with van der Waals surface area (Å²) in [6, 6.07) is 5.56. The van der Waals surface area contributed by atoms with Gasteiger partial charge >= 0.3 is 12.1 Å². The molecule has 1 heterocycles. The summed E-state index contributed by atoms with van der Waals surface area (Å²) in [4.78, 5) is 11.4. The van der Waals surface area contributed by atoms with Crippen molar-refractivity contribution in [2.75, 3.05) is 0 Å². The number of carboxylic acid groups (broad SMARTS) is 1. The normalized spacial score (nSPS) is 28.2. The lowest BCUT2D eigenvalue weighted by molar-refractivity contribution is -0.388. The molecule has 4 rings (SSSR count). The Labute approximate surface area is 171 Å². The molecule has 0 radical (unpaired) electrons. The Morgan fingerprint density at radius 3 is 2.18 bits per heavy atom. The molecule has 0 bridgehead atoms. The molecule has 5 nitrogen and oxygen atoms in total. The summed E-state index contributed by atoms with van der Waals surface area (Å²) < 4.78 is 17.7. The van der Waals surface area contributed by atoms with Gasteiger partial charge in [0, 0.05) is 17.5 Å². The van der Waals surface area contributed by atoms with E-state index >= 15 is 0 Å². The fraction of sp³-hybridized carbons (Fsp3) is 0.682. The van der Waals surface area contributed by atoms with E-state index in [0.717, 1.165) is 56.9 Å². The van der Waals surface area contributed by atoms with Gasteiger partial charge in [0.2, 0.25) is 0 Å². The minimum atomic E-state index is -1.67. The Bertz CT molecular complexity index is 706. The highest BCUT2D eigenvalue weighted by Crippen LogP contribution is 2.58. The third kappa shape index (κ3) is 3.59. The van der Waals surface area contributed by atoms with Crippen LogP contribution in [0.5, 0.6) is 5.75 Å². The van der Waals surface area contributed by atoms with Gasteiger partial charge in [-0.15, -0.1) is 0 Å². The Hall–Kier alpha value is -1.46. The van der Waals surface area contributed by atoms with Gasteiger partial charge in [-0.1, -0.05) is 50.1 Å². The number of benzene rings is 1. The molecular formula is C22H29ClO5. The van der Waals surface area contributed by atoms with Gasteiger partial charge in [-0.05, 0) is 55.7 Å². The summed E-state index contributed by atoms with van der Waals surface area (Å²) in [5.41, 5.74) is 0.328. The van der Waals surface area contributed by atoms with Gasteiger partial charge < -0.3 is 14.6 Å². The molecule has 3 aliphatic rings. The van der Waals surface area contributed by atoms with Crippen molar-refractivity contribution in [3.05, 3.63) is 28.8 Å². The lowest BCUT2D eigenvalue weighted by atomic mass is 9.63. The highest BCUT2D eigenvalue weighted by molar-refractivity contribution is 6.30. The van der Waals surface area contributed by atoms with Gasteiger partial charge in [0.1, 0.15) is 11.4 Å². The second kappa shape index (κ2) is 7.75. The smallest absolute Gasteiger partial charge is 0.450 e. The first-order chi connectivity index (χ1) is 13.4. The first-order valence-electron chi connectivity index (χ1n) is 10.5. The average molecular weight is 409 g/mol. The molecule has 1 unspecified atom stereocenters. The largest absolute Gasteiger partial charge is 0.510 e. The van der Waals surface area contributed by atoms with Crippen molar-refractivity contribution in [2.24, 2.45) is 11.8 Å². The van der Waals surface area contributed by atoms with Gasteiger partial charge in [0.15, 0.2) is 0 Å². The number of rotatable bonds is 3. The molecule has 0 saturated heterocycles. The molecule has 0 aromatic heterocycles. The Balaban J connectivity index is 1.87. The van der Waals surface area contributed by atoms with Crippen LogP contribution in [0.25, 0.3) is 0 Å². The van der Waals surface area contributed by atoms with E-state index in [2.05, 4.69) is 0 Å². The van der Waals surface area contributed by atoms with Crippen molar-refractivity contribution >= 4 is 17.8 Å². The van der Waals surface area contributed by atoms with Crippen LogP contribution in [0.3, 0.4) is 0 Å². The maximum atomic E-state index is 11.4. The van der Waals surface area contributed by atoms with Crippen molar-refractivity contribution in [3.8, 4) is 5.75 Å². The standard InChI is InChI=1S/C22H29ClO5/c1-21(27-20(24)25)26-19-13-12-17(23)14-18(19)22(28-21,15-8-4-2-5-9-15)16-10-6-3-7-11-16/h12-16H,2-11H2,1H3,(H,24,25). The zero-order chi connectivity index (χ0) is 19.8. The van der Waals surface area contributed by atoms with E-state index in [4.69, 9.17) is 25.8 Å². The number of hydrogen-bond acceptors (Lipinski definition) is 4. The SMILES string of the molecule is CC1(OC(=O)O)Oc2ccc(Cl)cc2C(C2CCCCC2)(C2CCCCC2)O1. The fourth-order valence-electron chi connectivity index (χ4n) is 5.68. The van der Waals surface area contributed by atoms with Crippen LogP contribution in [-0.2, 0) is 15.1 Å². The molecular weight excluding hydrogens is 380 g/mol. The van der Waals surface area contributed by atoms with Crippen LogP contribution in [0.2, 0.25) is 5.02 Å². The Morgan fingerprint density at radius 1 is 1.07 bits per heavy atom. The molecule has 1 aromatic carbocycles. The molecule has 2 fully saturated rings. The first-order valence-corrected chi connectivity index (χ1v) is 10.9. The van der Waals surface area contributed by atoms with E-state index in [9.17, 15) is 9.90 Å². The van der Waals surface area contributed by atoms with E-state index in [0.29, 0.717) is 22.6 Å². The van der Waals surface area contributed by atoms with Crippen LogP contribution >= 0.6 is 11.6 Å². The topological polar surface area (TPSA) is 65.0 Å². The minimum Gasteiger partial charge on any atom is -0.450 e. The van der Waals surface area contributed by atoms with Crippen LogP contribution in [0.1, 0.15) is 76.7 Å². The minimum absolute atomic E-state index is 0.294. The van der Waals surface area contributed by atoms with Crippen LogP contribution in [0.4, 0.5) is 4.79 Å². The van der Waals surface area contributed by atoms with E-state index < -0.39 is 17.7 Å². The third-order valence-electron chi connectivity index (χ3n) is 6.71. The molecule has 2 aliphatic carbocycles. The first kappa shape index (κ1) is 19.8. The van der Waals surface area contributed by atoms with Crippen LogP contribution in [0, 0.1) is 11.8 Å². The van der Waals surface area contributed by atoms with Crippen molar-refractivity contribution in [2.45, 2.75) is 82.7 Å². The lowest BCUT2D eigenvalue weighted by Gasteiger charge is -2.54. The van der Waals surface area contributed by atoms with E-state index in [1.807, 2.05) is 12.1 Å². The van der Waals surface area contributed by atoms with Crippen molar-refractivity contribution in [1.82, 2.24) is 0 Å². The second-order valence-corrected chi connectivity index (χ2v) is 8.97. The van der Waals surface area contributed by atoms with Crippen molar-refractivity contribution in [3.63, 3.8) is 0 Å². The summed E-state index contributed by atoms with van der Waals surface area (Å²) in [5, 5.41) is 9.95. The Kier molecular flexibility index (Phi) is 5.49. The fourth-order valence-corrected chi connectivity index (χ4v) is 5.85. The third-order valence-corrected chi connectivity index (χ3v) is 6.94. The molecule has 28 heavy (non-hydrogen) atoms. The highest BCUT2D eigenvalue weighted by atomic mass is 35.5. The van der Waals surface area contributed by atoms with Crippen LogP contribution < -0.4 is 4.74 Å². The Morgan fingerprint density at radius 2 is 1.64 bits per heavy atom. The molecule has 2 saturated carbocycles. The zero-order valence-corrected chi connectivity index (χ0v) is 17.2. The maximum absolute atomic E-state index is 11.4. The lowest BCUT2D eigenvalue weighted by Crippen LogP contribution is -2.58. The van der Waals surface area contributed by atoms with Gasteiger partial charge in [0.25, 0.3) is 0 Å². The summed E-state index contributed by atoms with van der Waals surface area (Å²) in [6.07, 6.45) is 9.96. The molecule has 6 heteroatoms. The van der Waals surface area contributed by atoms with E-state index in [1.54, 1.807) is 13.0 Å². The molecule has 0 amide bonds.